The fourth-order valence-electron chi connectivity index (χ4n) is 1.80. The molecule has 1 aromatic rings. The lowest BCUT2D eigenvalue weighted by Gasteiger charge is -2.23. The molecule has 1 aromatic heterocycles. The molecule has 0 aromatic carbocycles. The molecule has 1 atom stereocenters. The minimum Gasteiger partial charge on any atom is -0.366 e. The van der Waals surface area contributed by atoms with E-state index in [9.17, 15) is 4.79 Å². The number of carbonyl (C=O) groups is 1. The molecule has 98 valence electrons. The Kier molecular flexibility index (Phi) is 4.11. The largest absolute Gasteiger partial charge is 0.366 e. The summed E-state index contributed by atoms with van der Waals surface area (Å²) < 4.78 is 5.40. The number of aromatic nitrogens is 1. The summed E-state index contributed by atoms with van der Waals surface area (Å²) in [6, 6.07) is 3.62. The van der Waals surface area contributed by atoms with Crippen molar-refractivity contribution in [1.82, 2.24) is 10.3 Å². The summed E-state index contributed by atoms with van der Waals surface area (Å²) >= 11 is 0. The lowest BCUT2D eigenvalue weighted by molar-refractivity contribution is -0.128. The molecule has 6 heteroatoms. The zero-order valence-electron chi connectivity index (χ0n) is 10.6. The van der Waals surface area contributed by atoms with Gasteiger partial charge in [0.15, 0.2) is 5.82 Å². The fraction of sp³-hybridized carbons (Fsp3) is 0.500. The van der Waals surface area contributed by atoms with E-state index in [1.54, 1.807) is 12.3 Å². The van der Waals surface area contributed by atoms with Gasteiger partial charge in [-0.1, -0.05) is 0 Å². The maximum Gasteiger partial charge on any atom is 0.254 e. The van der Waals surface area contributed by atoms with Crippen LogP contribution in [0.1, 0.15) is 0 Å². The van der Waals surface area contributed by atoms with Gasteiger partial charge in [0.1, 0.15) is 6.10 Å². The van der Waals surface area contributed by atoms with Crippen molar-refractivity contribution in [3.63, 3.8) is 0 Å². The molecule has 2 N–H and O–H groups in total. The van der Waals surface area contributed by atoms with Gasteiger partial charge in [0.2, 0.25) is 0 Å². The summed E-state index contributed by atoms with van der Waals surface area (Å²) in [7, 11) is 3.77. The molecule has 1 aliphatic rings. The molecular weight excluding hydrogens is 232 g/mol. The van der Waals surface area contributed by atoms with Gasteiger partial charge < -0.3 is 20.3 Å². The Morgan fingerprint density at radius 1 is 1.61 bits per heavy atom. The number of rotatable bonds is 3. The number of hydrogen-bond acceptors (Lipinski definition) is 5. The Balaban J connectivity index is 2.06. The lowest BCUT2D eigenvalue weighted by Crippen LogP contribution is -2.45. The Morgan fingerprint density at radius 2 is 2.44 bits per heavy atom. The van der Waals surface area contributed by atoms with Crippen LogP contribution in [-0.2, 0) is 9.53 Å². The van der Waals surface area contributed by atoms with Crippen molar-refractivity contribution in [2.75, 3.05) is 44.0 Å². The molecule has 0 spiro atoms. The van der Waals surface area contributed by atoms with Crippen LogP contribution in [0.2, 0.25) is 0 Å². The van der Waals surface area contributed by atoms with E-state index < -0.39 is 6.10 Å². The van der Waals surface area contributed by atoms with E-state index in [-0.39, 0.29) is 5.91 Å². The molecule has 0 radical (unpaired) electrons. The van der Waals surface area contributed by atoms with Crippen LogP contribution < -0.4 is 15.5 Å². The zero-order valence-corrected chi connectivity index (χ0v) is 10.6. The normalized spacial score (nSPS) is 19.3. The highest BCUT2D eigenvalue weighted by atomic mass is 16.5. The first-order valence-corrected chi connectivity index (χ1v) is 5.94. The van der Waals surface area contributed by atoms with Crippen molar-refractivity contribution >= 4 is 17.4 Å². The van der Waals surface area contributed by atoms with E-state index >= 15 is 0 Å². The molecule has 2 heterocycles. The van der Waals surface area contributed by atoms with Gasteiger partial charge in [0, 0.05) is 33.4 Å². The highest BCUT2D eigenvalue weighted by molar-refractivity contribution is 5.96. The van der Waals surface area contributed by atoms with Gasteiger partial charge in [0.05, 0.1) is 12.3 Å². The Labute approximate surface area is 106 Å². The number of morpholine rings is 1. The van der Waals surface area contributed by atoms with Crippen LogP contribution >= 0.6 is 0 Å². The summed E-state index contributed by atoms with van der Waals surface area (Å²) in [5.74, 6) is 0.591. The van der Waals surface area contributed by atoms with E-state index in [0.717, 1.165) is 12.4 Å². The second kappa shape index (κ2) is 5.79. The van der Waals surface area contributed by atoms with Crippen molar-refractivity contribution in [1.29, 1.82) is 0 Å². The maximum absolute atomic E-state index is 12.0. The predicted molar refractivity (Wildman–Crippen MR) is 69.8 cm³/mol. The molecular formula is C12H18N4O2. The van der Waals surface area contributed by atoms with Crippen LogP contribution in [0.15, 0.2) is 18.3 Å². The van der Waals surface area contributed by atoms with Gasteiger partial charge >= 0.3 is 0 Å². The number of nitrogens with zero attached hydrogens (tertiary/aromatic N) is 2. The van der Waals surface area contributed by atoms with E-state index in [2.05, 4.69) is 15.6 Å². The summed E-state index contributed by atoms with van der Waals surface area (Å²) in [5, 5.41) is 5.98. The number of pyridine rings is 1. The third kappa shape index (κ3) is 2.96. The summed E-state index contributed by atoms with van der Waals surface area (Å²) in [4.78, 5) is 18.1. The van der Waals surface area contributed by atoms with Crippen molar-refractivity contribution in [3.8, 4) is 0 Å². The molecule has 0 bridgehead atoms. The highest BCUT2D eigenvalue weighted by Gasteiger charge is 2.22. The molecule has 6 nitrogen and oxygen atoms in total. The highest BCUT2D eigenvalue weighted by Crippen LogP contribution is 2.20. The van der Waals surface area contributed by atoms with Crippen molar-refractivity contribution < 1.29 is 9.53 Å². The lowest BCUT2D eigenvalue weighted by atomic mass is 10.2. The van der Waals surface area contributed by atoms with Crippen LogP contribution in [0, 0.1) is 0 Å². The Morgan fingerprint density at radius 3 is 3.11 bits per heavy atom. The second-order valence-corrected chi connectivity index (χ2v) is 4.32. The van der Waals surface area contributed by atoms with Crippen molar-refractivity contribution in [2.45, 2.75) is 6.10 Å². The van der Waals surface area contributed by atoms with Crippen LogP contribution in [0.5, 0.6) is 0 Å². The summed E-state index contributed by atoms with van der Waals surface area (Å²) in [6.07, 6.45) is 1.26. The van der Waals surface area contributed by atoms with Gasteiger partial charge in [-0.2, -0.15) is 0 Å². The smallest absolute Gasteiger partial charge is 0.254 e. The van der Waals surface area contributed by atoms with Gasteiger partial charge in [-0.15, -0.1) is 0 Å². The SMILES string of the molecule is CN(C)c1ncccc1NC(=O)C1CNCCO1. The van der Waals surface area contributed by atoms with E-state index in [0.29, 0.717) is 18.8 Å². The van der Waals surface area contributed by atoms with Crippen molar-refractivity contribution in [2.24, 2.45) is 0 Å². The van der Waals surface area contributed by atoms with Gasteiger partial charge in [-0.05, 0) is 12.1 Å². The monoisotopic (exact) mass is 250 g/mol. The molecule has 1 saturated heterocycles. The molecule has 1 amide bonds. The first-order chi connectivity index (χ1) is 8.68. The van der Waals surface area contributed by atoms with Crippen LogP contribution in [-0.4, -0.2) is 50.8 Å². The second-order valence-electron chi connectivity index (χ2n) is 4.32. The first-order valence-electron chi connectivity index (χ1n) is 5.94. The Bertz CT molecular complexity index is 416. The quantitative estimate of drug-likeness (QED) is 0.795. The number of ether oxygens (including phenoxy) is 1. The van der Waals surface area contributed by atoms with E-state index in [1.807, 2.05) is 25.1 Å². The van der Waals surface area contributed by atoms with Gasteiger partial charge in [0.25, 0.3) is 5.91 Å². The third-order valence-electron chi connectivity index (χ3n) is 2.69. The summed E-state index contributed by atoms with van der Waals surface area (Å²) in [6.45, 7) is 1.90. The minimum absolute atomic E-state index is 0.140. The molecule has 1 unspecified atom stereocenters. The molecule has 1 aliphatic heterocycles. The van der Waals surface area contributed by atoms with Crippen LogP contribution in [0.4, 0.5) is 11.5 Å². The number of hydrogen-bond donors (Lipinski definition) is 2. The van der Waals surface area contributed by atoms with E-state index in [4.69, 9.17) is 4.74 Å². The average Bonchev–Trinajstić information content (AvgIpc) is 2.40. The first kappa shape index (κ1) is 12.8. The van der Waals surface area contributed by atoms with Crippen molar-refractivity contribution in [3.05, 3.63) is 18.3 Å². The summed E-state index contributed by atoms with van der Waals surface area (Å²) in [5.41, 5.74) is 0.696. The number of carbonyl (C=O) groups excluding carboxylic acids is 1. The van der Waals surface area contributed by atoms with Crippen LogP contribution in [0.3, 0.4) is 0 Å². The van der Waals surface area contributed by atoms with Crippen LogP contribution in [0.25, 0.3) is 0 Å². The molecule has 2 rings (SSSR count). The number of nitrogens with one attached hydrogen (secondary N) is 2. The van der Waals surface area contributed by atoms with E-state index in [1.165, 1.54) is 0 Å². The minimum atomic E-state index is -0.436. The zero-order chi connectivity index (χ0) is 13.0. The number of anilines is 2. The standard InChI is InChI=1S/C12H18N4O2/c1-16(2)11-9(4-3-5-14-11)15-12(17)10-8-13-6-7-18-10/h3-5,10,13H,6-8H2,1-2H3,(H,15,17). The van der Waals surface area contributed by atoms with Gasteiger partial charge in [-0.3, -0.25) is 4.79 Å². The average molecular weight is 250 g/mol. The fourth-order valence-corrected chi connectivity index (χ4v) is 1.80. The molecule has 1 fully saturated rings. The molecule has 18 heavy (non-hydrogen) atoms. The Hall–Kier alpha value is -1.66. The number of amides is 1. The predicted octanol–water partition coefficient (Wildman–Crippen LogP) is 0.0745. The topological polar surface area (TPSA) is 66.5 Å². The third-order valence-corrected chi connectivity index (χ3v) is 2.69. The van der Waals surface area contributed by atoms with Gasteiger partial charge in [-0.25, -0.2) is 4.98 Å². The maximum atomic E-state index is 12.0. The molecule has 0 saturated carbocycles. The molecule has 0 aliphatic carbocycles.